The number of fused-ring (bicyclic) bond motifs is 1. The molecule has 1 amide bonds. The average molecular weight is 406 g/mol. The number of aromatic nitrogens is 2. The second-order valence-corrected chi connectivity index (χ2v) is 7.53. The van der Waals surface area contributed by atoms with E-state index in [1.54, 1.807) is 35.4 Å². The van der Waals surface area contributed by atoms with E-state index in [-0.39, 0.29) is 18.0 Å². The number of hydrogen-bond acceptors (Lipinski definition) is 4. The molecule has 3 aromatic rings. The molecule has 7 heteroatoms. The SMILES string of the molecule is Cc1ccsc1CN(C)C(=O)Cn1cnc2ccc(Br)cc2c1=O. The number of amides is 1. The number of thiophene rings is 1. The Labute approximate surface area is 151 Å². The van der Waals surface area contributed by atoms with Crippen molar-refractivity contribution in [1.29, 1.82) is 0 Å². The zero-order valence-corrected chi connectivity index (χ0v) is 15.7. The van der Waals surface area contributed by atoms with Crippen LogP contribution < -0.4 is 5.56 Å². The number of hydrogen-bond donors (Lipinski definition) is 0. The van der Waals surface area contributed by atoms with Crippen LogP contribution in [0.1, 0.15) is 10.4 Å². The molecule has 5 nitrogen and oxygen atoms in total. The van der Waals surface area contributed by atoms with Crippen LogP contribution in [0.25, 0.3) is 10.9 Å². The summed E-state index contributed by atoms with van der Waals surface area (Å²) >= 11 is 4.98. The van der Waals surface area contributed by atoms with Crippen LogP contribution >= 0.6 is 27.3 Å². The number of carbonyl (C=O) groups is 1. The van der Waals surface area contributed by atoms with Gasteiger partial charge in [-0.1, -0.05) is 15.9 Å². The van der Waals surface area contributed by atoms with Crippen molar-refractivity contribution < 1.29 is 4.79 Å². The molecule has 0 fully saturated rings. The molecule has 0 aliphatic rings. The normalized spacial score (nSPS) is 11.0. The van der Waals surface area contributed by atoms with Crippen LogP contribution in [0.4, 0.5) is 0 Å². The summed E-state index contributed by atoms with van der Waals surface area (Å²) < 4.78 is 2.16. The van der Waals surface area contributed by atoms with E-state index in [4.69, 9.17) is 0 Å². The van der Waals surface area contributed by atoms with Gasteiger partial charge in [-0.05, 0) is 42.1 Å². The van der Waals surface area contributed by atoms with Crippen LogP contribution in [0.3, 0.4) is 0 Å². The number of likely N-dealkylation sites (N-methyl/N-ethyl adjacent to an activating group) is 1. The number of rotatable bonds is 4. The van der Waals surface area contributed by atoms with E-state index < -0.39 is 0 Å². The zero-order chi connectivity index (χ0) is 17.3. The zero-order valence-electron chi connectivity index (χ0n) is 13.3. The molecule has 2 aromatic heterocycles. The van der Waals surface area contributed by atoms with Gasteiger partial charge in [0.25, 0.3) is 5.56 Å². The summed E-state index contributed by atoms with van der Waals surface area (Å²) in [5, 5.41) is 2.51. The summed E-state index contributed by atoms with van der Waals surface area (Å²) in [4.78, 5) is 32.0. The van der Waals surface area contributed by atoms with Crippen molar-refractivity contribution in [3.05, 3.63) is 61.2 Å². The largest absolute Gasteiger partial charge is 0.339 e. The first kappa shape index (κ1) is 16.9. The first-order chi connectivity index (χ1) is 11.5. The maximum absolute atomic E-state index is 12.5. The highest BCUT2D eigenvalue weighted by atomic mass is 79.9. The molecule has 24 heavy (non-hydrogen) atoms. The maximum Gasteiger partial charge on any atom is 0.261 e. The third-order valence-corrected chi connectivity index (χ3v) is 5.37. The Morgan fingerprint density at radius 1 is 1.38 bits per heavy atom. The molecule has 0 aliphatic heterocycles. The lowest BCUT2D eigenvalue weighted by Gasteiger charge is -2.17. The Balaban J connectivity index is 1.81. The summed E-state index contributed by atoms with van der Waals surface area (Å²) in [5.41, 5.74) is 1.58. The van der Waals surface area contributed by atoms with Crippen molar-refractivity contribution in [1.82, 2.24) is 14.5 Å². The fourth-order valence-corrected chi connectivity index (χ4v) is 3.70. The van der Waals surface area contributed by atoms with Gasteiger partial charge in [-0.15, -0.1) is 11.3 Å². The fourth-order valence-electron chi connectivity index (χ4n) is 2.38. The quantitative estimate of drug-likeness (QED) is 0.669. The number of benzene rings is 1. The van der Waals surface area contributed by atoms with Crippen molar-refractivity contribution in [2.24, 2.45) is 0 Å². The van der Waals surface area contributed by atoms with Crippen molar-refractivity contribution in [2.45, 2.75) is 20.0 Å². The summed E-state index contributed by atoms with van der Waals surface area (Å²) in [5.74, 6) is -0.124. The highest BCUT2D eigenvalue weighted by Gasteiger charge is 2.14. The Hall–Kier alpha value is -1.99. The monoisotopic (exact) mass is 405 g/mol. The van der Waals surface area contributed by atoms with E-state index in [9.17, 15) is 9.59 Å². The first-order valence-corrected chi connectivity index (χ1v) is 9.04. The van der Waals surface area contributed by atoms with Crippen LogP contribution in [0.5, 0.6) is 0 Å². The third-order valence-electron chi connectivity index (χ3n) is 3.87. The van der Waals surface area contributed by atoms with E-state index in [0.29, 0.717) is 17.4 Å². The van der Waals surface area contributed by atoms with Gasteiger partial charge in [0, 0.05) is 16.4 Å². The second-order valence-electron chi connectivity index (χ2n) is 5.62. The Bertz CT molecular complexity index is 964. The summed E-state index contributed by atoms with van der Waals surface area (Å²) in [6, 6.07) is 7.37. The predicted molar refractivity (Wildman–Crippen MR) is 99.2 cm³/mol. The lowest BCUT2D eigenvalue weighted by Crippen LogP contribution is -2.33. The van der Waals surface area contributed by atoms with E-state index in [1.807, 2.05) is 24.4 Å². The average Bonchev–Trinajstić information content (AvgIpc) is 2.95. The third kappa shape index (κ3) is 3.42. The van der Waals surface area contributed by atoms with Gasteiger partial charge in [-0.2, -0.15) is 0 Å². The first-order valence-electron chi connectivity index (χ1n) is 7.37. The number of aryl methyl sites for hydroxylation is 1. The van der Waals surface area contributed by atoms with Gasteiger partial charge >= 0.3 is 0 Å². The Morgan fingerprint density at radius 3 is 2.88 bits per heavy atom. The smallest absolute Gasteiger partial charge is 0.261 e. The van der Waals surface area contributed by atoms with Gasteiger partial charge in [0.05, 0.1) is 23.8 Å². The summed E-state index contributed by atoms with van der Waals surface area (Å²) in [7, 11) is 1.75. The van der Waals surface area contributed by atoms with Crippen LogP contribution in [0.2, 0.25) is 0 Å². The molecule has 1 aromatic carbocycles. The predicted octanol–water partition coefficient (Wildman–Crippen LogP) is 3.19. The number of nitrogens with zero attached hydrogens (tertiary/aromatic N) is 3. The van der Waals surface area contributed by atoms with Gasteiger partial charge in [-0.3, -0.25) is 14.2 Å². The minimum absolute atomic E-state index is 0.0186. The second kappa shape index (κ2) is 6.86. The summed E-state index contributed by atoms with van der Waals surface area (Å²) in [6.45, 7) is 2.55. The van der Waals surface area contributed by atoms with Crippen molar-refractivity contribution in [3.8, 4) is 0 Å². The van der Waals surface area contributed by atoms with Crippen molar-refractivity contribution in [2.75, 3.05) is 7.05 Å². The van der Waals surface area contributed by atoms with E-state index in [2.05, 4.69) is 20.9 Å². The molecule has 0 aliphatic carbocycles. The van der Waals surface area contributed by atoms with E-state index in [1.165, 1.54) is 16.5 Å². The lowest BCUT2D eigenvalue weighted by molar-refractivity contribution is -0.131. The van der Waals surface area contributed by atoms with Crippen LogP contribution in [-0.4, -0.2) is 27.4 Å². The minimum atomic E-state index is -0.213. The van der Waals surface area contributed by atoms with Crippen LogP contribution in [0.15, 0.2) is 45.2 Å². The molecule has 0 spiro atoms. The topological polar surface area (TPSA) is 55.2 Å². The maximum atomic E-state index is 12.5. The molecule has 0 unspecified atom stereocenters. The van der Waals surface area contributed by atoms with E-state index >= 15 is 0 Å². The van der Waals surface area contributed by atoms with Gasteiger partial charge in [0.1, 0.15) is 6.54 Å². The lowest BCUT2D eigenvalue weighted by atomic mass is 10.2. The molecule has 124 valence electrons. The fraction of sp³-hybridized carbons (Fsp3) is 0.235. The van der Waals surface area contributed by atoms with Gasteiger partial charge < -0.3 is 4.90 Å². The van der Waals surface area contributed by atoms with Crippen LogP contribution in [-0.2, 0) is 17.9 Å². The molecule has 0 bridgehead atoms. The number of halogens is 1. The standard InChI is InChI=1S/C17H16BrN3O2S/c1-11-5-6-24-15(11)8-20(2)16(22)9-21-10-19-14-4-3-12(18)7-13(14)17(21)23/h3-7,10H,8-9H2,1-2H3. The molecule has 0 saturated heterocycles. The highest BCUT2D eigenvalue weighted by molar-refractivity contribution is 9.10. The minimum Gasteiger partial charge on any atom is -0.339 e. The van der Waals surface area contributed by atoms with Crippen LogP contribution in [0, 0.1) is 6.92 Å². The van der Waals surface area contributed by atoms with Gasteiger partial charge in [0.15, 0.2) is 0 Å². The van der Waals surface area contributed by atoms with Crippen molar-refractivity contribution >= 4 is 44.1 Å². The van der Waals surface area contributed by atoms with Crippen molar-refractivity contribution in [3.63, 3.8) is 0 Å². The van der Waals surface area contributed by atoms with Gasteiger partial charge in [-0.25, -0.2) is 4.98 Å². The molecular weight excluding hydrogens is 390 g/mol. The molecule has 0 saturated carbocycles. The summed E-state index contributed by atoms with van der Waals surface area (Å²) in [6.07, 6.45) is 1.43. The number of carbonyl (C=O) groups excluding carboxylic acids is 1. The molecule has 0 N–H and O–H groups in total. The highest BCUT2D eigenvalue weighted by Crippen LogP contribution is 2.17. The molecule has 3 rings (SSSR count). The molecule has 2 heterocycles. The molecule has 0 atom stereocenters. The Morgan fingerprint density at radius 2 is 2.17 bits per heavy atom. The Kier molecular flexibility index (Phi) is 4.82. The van der Waals surface area contributed by atoms with Gasteiger partial charge in [0.2, 0.25) is 5.91 Å². The van der Waals surface area contributed by atoms with E-state index in [0.717, 1.165) is 9.35 Å². The molecule has 0 radical (unpaired) electrons. The molecular formula is C17H16BrN3O2S.